The molecule has 0 saturated carbocycles. The van der Waals surface area contributed by atoms with Gasteiger partial charge in [0.15, 0.2) is 0 Å². The number of benzene rings is 1. The van der Waals surface area contributed by atoms with Gasteiger partial charge in [-0.1, -0.05) is 23.2 Å². The fraction of sp³-hybridized carbons (Fsp3) is 0.182. The molecular weight excluding hydrogens is 249 g/mol. The standard InChI is InChI=1S/C11H9Cl2NO2/c12-8-1-2-10(9(13)5-8)14-6-7-3-4-16-11(7)15/h1-2,5-6,14H,3-4H2/b7-6+. The van der Waals surface area contributed by atoms with Crippen molar-refractivity contribution in [1.82, 2.24) is 0 Å². The first-order valence-electron chi connectivity index (χ1n) is 4.74. The predicted octanol–water partition coefficient (Wildman–Crippen LogP) is 3.24. The number of halogens is 2. The van der Waals surface area contributed by atoms with Crippen molar-refractivity contribution in [3.63, 3.8) is 0 Å². The molecule has 16 heavy (non-hydrogen) atoms. The Labute approximate surface area is 103 Å². The average Bonchev–Trinajstić information content (AvgIpc) is 2.63. The highest BCUT2D eigenvalue weighted by Crippen LogP contribution is 2.26. The molecular formula is C11H9Cl2NO2. The van der Waals surface area contributed by atoms with Gasteiger partial charge in [-0.2, -0.15) is 0 Å². The highest BCUT2D eigenvalue weighted by Gasteiger charge is 2.18. The van der Waals surface area contributed by atoms with Crippen molar-refractivity contribution in [2.75, 3.05) is 11.9 Å². The van der Waals surface area contributed by atoms with E-state index in [0.717, 1.165) is 0 Å². The van der Waals surface area contributed by atoms with Crippen molar-refractivity contribution in [1.29, 1.82) is 0 Å². The van der Waals surface area contributed by atoms with E-state index in [0.29, 0.717) is 34.3 Å². The maximum absolute atomic E-state index is 11.1. The summed E-state index contributed by atoms with van der Waals surface area (Å²) < 4.78 is 4.80. The van der Waals surface area contributed by atoms with Crippen molar-refractivity contribution in [3.8, 4) is 0 Å². The highest BCUT2D eigenvalue weighted by atomic mass is 35.5. The van der Waals surface area contributed by atoms with Gasteiger partial charge in [0.05, 0.1) is 22.9 Å². The Balaban J connectivity index is 2.12. The maximum atomic E-state index is 11.1. The molecule has 0 amide bonds. The first kappa shape index (κ1) is 11.3. The normalized spacial score (nSPS) is 17.6. The first-order valence-corrected chi connectivity index (χ1v) is 5.50. The third-order valence-electron chi connectivity index (χ3n) is 2.20. The van der Waals surface area contributed by atoms with Crippen LogP contribution in [-0.2, 0) is 9.53 Å². The van der Waals surface area contributed by atoms with Gasteiger partial charge in [0.25, 0.3) is 0 Å². The third kappa shape index (κ3) is 2.49. The minimum absolute atomic E-state index is 0.280. The van der Waals surface area contributed by atoms with Crippen LogP contribution >= 0.6 is 23.2 Å². The summed E-state index contributed by atoms with van der Waals surface area (Å²) in [6.45, 7) is 0.445. The van der Waals surface area contributed by atoms with Crippen molar-refractivity contribution < 1.29 is 9.53 Å². The van der Waals surface area contributed by atoms with E-state index in [-0.39, 0.29) is 5.97 Å². The lowest BCUT2D eigenvalue weighted by Gasteiger charge is -2.04. The second kappa shape index (κ2) is 4.76. The van der Waals surface area contributed by atoms with Gasteiger partial charge in [0.2, 0.25) is 0 Å². The fourth-order valence-electron chi connectivity index (χ4n) is 1.35. The van der Waals surface area contributed by atoms with Crippen LogP contribution in [0.5, 0.6) is 0 Å². The van der Waals surface area contributed by atoms with Crippen LogP contribution in [0.3, 0.4) is 0 Å². The van der Waals surface area contributed by atoms with Gasteiger partial charge < -0.3 is 10.1 Å². The molecule has 0 spiro atoms. The molecule has 0 unspecified atom stereocenters. The van der Waals surface area contributed by atoms with E-state index < -0.39 is 0 Å². The fourth-order valence-corrected chi connectivity index (χ4v) is 1.81. The molecule has 1 saturated heterocycles. The zero-order valence-corrected chi connectivity index (χ0v) is 9.81. The molecule has 1 aliphatic heterocycles. The summed E-state index contributed by atoms with van der Waals surface area (Å²) in [6, 6.07) is 5.11. The summed E-state index contributed by atoms with van der Waals surface area (Å²) in [5, 5.41) is 4.04. The quantitative estimate of drug-likeness (QED) is 0.653. The third-order valence-corrected chi connectivity index (χ3v) is 2.75. The Hall–Kier alpha value is -1.19. The number of hydrogen-bond acceptors (Lipinski definition) is 3. The van der Waals surface area contributed by atoms with Gasteiger partial charge in [-0.05, 0) is 18.2 Å². The summed E-state index contributed by atoms with van der Waals surface area (Å²) in [6.07, 6.45) is 2.24. The molecule has 1 aromatic rings. The van der Waals surface area contributed by atoms with E-state index in [4.69, 9.17) is 27.9 Å². The molecule has 3 nitrogen and oxygen atoms in total. The van der Waals surface area contributed by atoms with Crippen LogP contribution in [0.1, 0.15) is 6.42 Å². The van der Waals surface area contributed by atoms with Gasteiger partial charge in [0, 0.05) is 17.6 Å². The zero-order valence-electron chi connectivity index (χ0n) is 8.30. The number of hydrogen-bond donors (Lipinski definition) is 1. The SMILES string of the molecule is O=C1OCC/C1=C\Nc1ccc(Cl)cc1Cl. The Kier molecular flexibility index (Phi) is 3.36. The van der Waals surface area contributed by atoms with Crippen LogP contribution in [-0.4, -0.2) is 12.6 Å². The van der Waals surface area contributed by atoms with Crippen LogP contribution in [0, 0.1) is 0 Å². The van der Waals surface area contributed by atoms with Gasteiger partial charge >= 0.3 is 5.97 Å². The minimum Gasteiger partial charge on any atom is -0.462 e. The number of esters is 1. The lowest BCUT2D eigenvalue weighted by molar-refractivity contribution is -0.135. The van der Waals surface area contributed by atoms with E-state index in [1.165, 1.54) is 0 Å². The highest BCUT2D eigenvalue weighted by molar-refractivity contribution is 6.36. The Morgan fingerprint density at radius 2 is 2.19 bits per heavy atom. The molecule has 1 fully saturated rings. The monoisotopic (exact) mass is 257 g/mol. The molecule has 0 atom stereocenters. The maximum Gasteiger partial charge on any atom is 0.335 e. The van der Waals surface area contributed by atoms with E-state index in [1.807, 2.05) is 0 Å². The number of carbonyl (C=O) groups is 1. The largest absolute Gasteiger partial charge is 0.462 e. The van der Waals surface area contributed by atoms with E-state index in [2.05, 4.69) is 5.32 Å². The number of nitrogens with one attached hydrogen (secondary N) is 1. The molecule has 1 aromatic carbocycles. The molecule has 1 heterocycles. The van der Waals surface area contributed by atoms with Crippen LogP contribution < -0.4 is 5.32 Å². The number of cyclic esters (lactones) is 1. The van der Waals surface area contributed by atoms with Crippen molar-refractivity contribution >= 4 is 34.9 Å². The topological polar surface area (TPSA) is 38.3 Å². The summed E-state index contributed by atoms with van der Waals surface area (Å²) in [5.41, 5.74) is 1.32. The van der Waals surface area contributed by atoms with Gasteiger partial charge in [-0.3, -0.25) is 0 Å². The lowest BCUT2D eigenvalue weighted by Crippen LogP contribution is -1.98. The van der Waals surface area contributed by atoms with Crippen LogP contribution in [0.4, 0.5) is 5.69 Å². The predicted molar refractivity (Wildman–Crippen MR) is 63.7 cm³/mol. The average molecular weight is 258 g/mol. The van der Waals surface area contributed by atoms with Crippen LogP contribution in [0.25, 0.3) is 0 Å². The molecule has 0 aromatic heterocycles. The van der Waals surface area contributed by atoms with Gasteiger partial charge in [-0.25, -0.2) is 4.79 Å². The molecule has 1 N–H and O–H groups in total. The molecule has 0 radical (unpaired) electrons. The number of rotatable bonds is 2. The summed E-state index contributed by atoms with van der Waals surface area (Å²) in [7, 11) is 0. The molecule has 1 aliphatic rings. The first-order chi connectivity index (χ1) is 7.66. The van der Waals surface area contributed by atoms with Gasteiger partial charge in [-0.15, -0.1) is 0 Å². The Bertz CT molecular complexity index is 457. The van der Waals surface area contributed by atoms with Crippen molar-refractivity contribution in [2.24, 2.45) is 0 Å². The van der Waals surface area contributed by atoms with E-state index in [1.54, 1.807) is 24.4 Å². The van der Waals surface area contributed by atoms with Crippen molar-refractivity contribution in [3.05, 3.63) is 40.0 Å². The lowest BCUT2D eigenvalue weighted by atomic mass is 10.2. The molecule has 2 rings (SSSR count). The van der Waals surface area contributed by atoms with Crippen LogP contribution in [0.15, 0.2) is 30.0 Å². The van der Waals surface area contributed by atoms with Gasteiger partial charge in [0.1, 0.15) is 0 Å². The number of ether oxygens (including phenoxy) is 1. The van der Waals surface area contributed by atoms with E-state index >= 15 is 0 Å². The Morgan fingerprint density at radius 1 is 1.38 bits per heavy atom. The summed E-state index contributed by atoms with van der Waals surface area (Å²) >= 11 is 11.7. The molecule has 0 aliphatic carbocycles. The molecule has 5 heteroatoms. The minimum atomic E-state index is -0.280. The smallest absolute Gasteiger partial charge is 0.335 e. The zero-order chi connectivity index (χ0) is 11.5. The molecule has 84 valence electrons. The second-order valence-electron chi connectivity index (χ2n) is 3.32. The van der Waals surface area contributed by atoms with E-state index in [9.17, 15) is 4.79 Å². The van der Waals surface area contributed by atoms with Crippen molar-refractivity contribution in [2.45, 2.75) is 6.42 Å². The second-order valence-corrected chi connectivity index (χ2v) is 4.17. The number of anilines is 1. The summed E-state index contributed by atoms with van der Waals surface area (Å²) in [5.74, 6) is -0.280. The molecule has 0 bridgehead atoms. The summed E-state index contributed by atoms with van der Waals surface area (Å²) in [4.78, 5) is 11.1. The Morgan fingerprint density at radius 3 is 2.81 bits per heavy atom. The number of carbonyl (C=O) groups excluding carboxylic acids is 1. The van der Waals surface area contributed by atoms with Crippen LogP contribution in [0.2, 0.25) is 10.0 Å².